The third kappa shape index (κ3) is 1.87. The Hall–Kier alpha value is -1.01. The molecule has 2 aromatic carbocycles. The molecular formula is C14H15Cl. The van der Waals surface area contributed by atoms with Gasteiger partial charge in [0.05, 0.1) is 5.38 Å². The van der Waals surface area contributed by atoms with Crippen molar-refractivity contribution in [2.45, 2.75) is 25.6 Å². The second-order valence-electron chi connectivity index (χ2n) is 3.89. The monoisotopic (exact) mass is 218 g/mol. The first kappa shape index (κ1) is 10.5. The Bertz CT molecular complexity index is 474. The van der Waals surface area contributed by atoms with E-state index >= 15 is 0 Å². The van der Waals surface area contributed by atoms with Crippen molar-refractivity contribution < 1.29 is 0 Å². The first-order valence-corrected chi connectivity index (χ1v) is 5.80. The molecule has 0 radical (unpaired) electrons. The third-order valence-corrected chi connectivity index (χ3v) is 3.39. The molecule has 0 aliphatic carbocycles. The highest BCUT2D eigenvalue weighted by molar-refractivity contribution is 6.22. The van der Waals surface area contributed by atoms with E-state index < -0.39 is 0 Å². The average Bonchev–Trinajstić information content (AvgIpc) is 2.28. The van der Waals surface area contributed by atoms with Gasteiger partial charge in [-0.2, -0.15) is 0 Å². The first-order chi connectivity index (χ1) is 7.24. The molecule has 0 saturated carbocycles. The summed E-state index contributed by atoms with van der Waals surface area (Å²) in [6.07, 6.45) is 0.969. The maximum absolute atomic E-state index is 6.37. The number of alkyl halides is 1. The summed E-state index contributed by atoms with van der Waals surface area (Å²) < 4.78 is 0. The van der Waals surface area contributed by atoms with Crippen molar-refractivity contribution in [1.82, 2.24) is 0 Å². The fourth-order valence-corrected chi connectivity index (χ4v) is 2.31. The van der Waals surface area contributed by atoms with Gasteiger partial charge >= 0.3 is 0 Å². The van der Waals surface area contributed by atoms with Crippen LogP contribution in [0.3, 0.4) is 0 Å². The zero-order valence-electron chi connectivity index (χ0n) is 9.13. The number of hydrogen-bond acceptors (Lipinski definition) is 0. The van der Waals surface area contributed by atoms with Crippen molar-refractivity contribution in [3.8, 4) is 0 Å². The Labute approximate surface area is 95.9 Å². The molecule has 0 saturated heterocycles. The summed E-state index contributed by atoms with van der Waals surface area (Å²) in [5.41, 5.74) is 2.58. The highest BCUT2D eigenvalue weighted by atomic mass is 35.5. The number of fused-ring (bicyclic) bond motifs is 1. The Morgan fingerprint density at radius 1 is 1.13 bits per heavy atom. The molecule has 0 spiro atoms. The highest BCUT2D eigenvalue weighted by Gasteiger charge is 2.11. The number of hydrogen-bond donors (Lipinski definition) is 0. The van der Waals surface area contributed by atoms with Crippen LogP contribution < -0.4 is 0 Å². The van der Waals surface area contributed by atoms with Crippen LogP contribution in [0.4, 0.5) is 0 Å². The van der Waals surface area contributed by atoms with Gasteiger partial charge < -0.3 is 0 Å². The molecule has 0 aromatic heterocycles. The molecule has 0 heterocycles. The zero-order chi connectivity index (χ0) is 10.8. The molecule has 2 rings (SSSR count). The van der Waals surface area contributed by atoms with E-state index in [0.29, 0.717) is 0 Å². The van der Waals surface area contributed by atoms with Gasteiger partial charge in [-0.1, -0.05) is 43.3 Å². The zero-order valence-corrected chi connectivity index (χ0v) is 9.88. The fraction of sp³-hybridized carbons (Fsp3) is 0.286. The Morgan fingerprint density at radius 2 is 1.87 bits per heavy atom. The maximum atomic E-state index is 6.37. The van der Waals surface area contributed by atoms with Crippen LogP contribution in [0.1, 0.15) is 29.8 Å². The predicted molar refractivity (Wildman–Crippen MR) is 67.6 cm³/mol. The molecule has 2 aromatic rings. The van der Waals surface area contributed by atoms with E-state index in [1.807, 2.05) is 0 Å². The highest BCUT2D eigenvalue weighted by Crippen LogP contribution is 2.33. The predicted octanol–water partition coefficient (Wildman–Crippen LogP) is 4.84. The van der Waals surface area contributed by atoms with Crippen LogP contribution in [-0.4, -0.2) is 0 Å². The van der Waals surface area contributed by atoms with Crippen molar-refractivity contribution in [1.29, 1.82) is 0 Å². The molecule has 0 N–H and O–H groups in total. The minimum atomic E-state index is 0.121. The van der Waals surface area contributed by atoms with E-state index in [-0.39, 0.29) is 5.38 Å². The van der Waals surface area contributed by atoms with Crippen molar-refractivity contribution in [3.63, 3.8) is 0 Å². The van der Waals surface area contributed by atoms with Crippen molar-refractivity contribution in [2.75, 3.05) is 0 Å². The largest absolute Gasteiger partial charge is 0.118 e. The van der Waals surface area contributed by atoms with Crippen LogP contribution in [0.25, 0.3) is 10.8 Å². The molecule has 0 fully saturated rings. The van der Waals surface area contributed by atoms with E-state index in [1.165, 1.54) is 21.9 Å². The molecule has 0 aliphatic heterocycles. The summed E-state index contributed by atoms with van der Waals surface area (Å²) in [5, 5.41) is 2.69. The molecule has 0 amide bonds. The number of aryl methyl sites for hydroxylation is 1. The molecule has 1 heteroatoms. The lowest BCUT2D eigenvalue weighted by molar-refractivity contribution is 0.883. The van der Waals surface area contributed by atoms with Gasteiger partial charge in [0, 0.05) is 0 Å². The smallest absolute Gasteiger partial charge is 0.0591 e. The fourth-order valence-electron chi connectivity index (χ4n) is 2.02. The quantitative estimate of drug-likeness (QED) is 0.633. The Kier molecular flexibility index (Phi) is 2.97. The molecule has 78 valence electrons. The summed E-state index contributed by atoms with van der Waals surface area (Å²) >= 11 is 6.37. The second-order valence-corrected chi connectivity index (χ2v) is 4.42. The first-order valence-electron chi connectivity index (χ1n) is 5.36. The SMILES string of the molecule is CCC(Cl)c1c(C)ccc2ccccc12. The minimum Gasteiger partial charge on any atom is -0.118 e. The van der Waals surface area contributed by atoms with Crippen LogP contribution in [-0.2, 0) is 0 Å². The molecule has 15 heavy (non-hydrogen) atoms. The number of benzene rings is 2. The summed E-state index contributed by atoms with van der Waals surface area (Å²) in [6.45, 7) is 4.26. The molecular weight excluding hydrogens is 204 g/mol. The van der Waals surface area contributed by atoms with E-state index in [2.05, 4.69) is 50.2 Å². The van der Waals surface area contributed by atoms with Gasteiger partial charge in [-0.15, -0.1) is 11.6 Å². The maximum Gasteiger partial charge on any atom is 0.0591 e. The third-order valence-electron chi connectivity index (χ3n) is 2.86. The van der Waals surface area contributed by atoms with Gasteiger partial charge in [0.1, 0.15) is 0 Å². The summed E-state index contributed by atoms with van der Waals surface area (Å²) in [4.78, 5) is 0. The summed E-state index contributed by atoms with van der Waals surface area (Å²) in [6, 6.07) is 12.7. The Morgan fingerprint density at radius 3 is 2.60 bits per heavy atom. The van der Waals surface area contributed by atoms with Crippen molar-refractivity contribution in [2.24, 2.45) is 0 Å². The van der Waals surface area contributed by atoms with Crippen LogP contribution >= 0.6 is 11.6 Å². The standard InChI is InChI=1S/C14H15Cl/c1-3-13(15)14-10(2)8-9-11-6-4-5-7-12(11)14/h4-9,13H,3H2,1-2H3. The van der Waals surface area contributed by atoms with E-state index in [1.54, 1.807) is 0 Å². The average molecular weight is 219 g/mol. The normalized spacial score (nSPS) is 13.0. The summed E-state index contributed by atoms with van der Waals surface area (Å²) in [5.74, 6) is 0. The lowest BCUT2D eigenvalue weighted by Crippen LogP contribution is -1.94. The molecule has 0 aliphatic rings. The van der Waals surface area contributed by atoms with Gasteiger partial charge in [0.25, 0.3) is 0 Å². The number of rotatable bonds is 2. The van der Waals surface area contributed by atoms with Crippen LogP contribution in [0.5, 0.6) is 0 Å². The molecule has 0 bridgehead atoms. The van der Waals surface area contributed by atoms with E-state index in [9.17, 15) is 0 Å². The van der Waals surface area contributed by atoms with Gasteiger partial charge in [0.2, 0.25) is 0 Å². The van der Waals surface area contributed by atoms with Crippen molar-refractivity contribution in [3.05, 3.63) is 47.5 Å². The topological polar surface area (TPSA) is 0 Å². The number of halogens is 1. The van der Waals surface area contributed by atoms with Gasteiger partial charge in [0.15, 0.2) is 0 Å². The lowest BCUT2D eigenvalue weighted by Gasteiger charge is -2.14. The van der Waals surface area contributed by atoms with Gasteiger partial charge in [-0.25, -0.2) is 0 Å². The van der Waals surface area contributed by atoms with Crippen LogP contribution in [0.2, 0.25) is 0 Å². The Balaban J connectivity index is 2.74. The molecule has 1 unspecified atom stereocenters. The van der Waals surface area contributed by atoms with E-state index in [4.69, 9.17) is 11.6 Å². The summed E-state index contributed by atoms with van der Waals surface area (Å²) in [7, 11) is 0. The van der Waals surface area contributed by atoms with Crippen molar-refractivity contribution >= 4 is 22.4 Å². The lowest BCUT2D eigenvalue weighted by atomic mass is 9.96. The second kappa shape index (κ2) is 4.24. The van der Waals surface area contributed by atoms with Gasteiger partial charge in [-0.3, -0.25) is 0 Å². The molecule has 0 nitrogen and oxygen atoms in total. The van der Waals surface area contributed by atoms with E-state index in [0.717, 1.165) is 6.42 Å². The minimum absolute atomic E-state index is 0.121. The van der Waals surface area contributed by atoms with Crippen LogP contribution in [0, 0.1) is 6.92 Å². The van der Waals surface area contributed by atoms with Gasteiger partial charge in [-0.05, 0) is 35.2 Å². The van der Waals surface area contributed by atoms with Crippen LogP contribution in [0.15, 0.2) is 36.4 Å². The molecule has 1 atom stereocenters.